The number of carboxylic acids is 2. The molecule has 0 aliphatic carbocycles. The molecule has 0 saturated heterocycles. The lowest BCUT2D eigenvalue weighted by Gasteiger charge is -2.29. The molecule has 0 unspecified atom stereocenters. The van der Waals surface area contributed by atoms with Gasteiger partial charge in [-0.15, -0.1) is 0 Å². The number of hydrogen-bond donors (Lipinski definition) is 14. The number of hydrogen-bond acceptors (Lipinski definition) is 14. The molecule has 8 amide bonds. The minimum Gasteiger partial charge on any atom is -0.481 e. The molecule has 0 rings (SSSR count). The summed E-state index contributed by atoms with van der Waals surface area (Å²) in [6.45, 7) is 10.7. The number of nitrogens with two attached hydrogens (primary N) is 2. The van der Waals surface area contributed by atoms with Crippen molar-refractivity contribution in [3.05, 3.63) is 0 Å². The van der Waals surface area contributed by atoms with E-state index in [1.54, 1.807) is 41.5 Å². The van der Waals surface area contributed by atoms with Crippen molar-refractivity contribution in [2.75, 3.05) is 19.8 Å². The van der Waals surface area contributed by atoms with Gasteiger partial charge in [0.1, 0.15) is 48.3 Å². The van der Waals surface area contributed by atoms with Crippen molar-refractivity contribution in [2.24, 2.45) is 29.2 Å². The molecule has 0 bridgehead atoms. The monoisotopic (exact) mass is 888 g/mol. The van der Waals surface area contributed by atoms with Gasteiger partial charge in [0, 0.05) is 0 Å². The maximum Gasteiger partial charge on any atom is 0.326 e. The fourth-order valence-corrected chi connectivity index (χ4v) is 5.58. The van der Waals surface area contributed by atoms with Gasteiger partial charge in [0.2, 0.25) is 47.3 Å². The molecule has 16 N–H and O–H groups in total. The van der Waals surface area contributed by atoms with Crippen LogP contribution < -0.4 is 54.0 Å². The highest BCUT2D eigenvalue weighted by Crippen LogP contribution is 2.10. The van der Waals surface area contributed by atoms with Crippen molar-refractivity contribution >= 4 is 59.2 Å². The molecular formula is C38H68N10O14. The summed E-state index contributed by atoms with van der Waals surface area (Å²) >= 11 is 0. The Bertz CT molecular complexity index is 1560. The van der Waals surface area contributed by atoms with Crippen LogP contribution in [-0.4, -0.2) is 154 Å². The Balaban J connectivity index is 5.69. The number of amides is 8. The Morgan fingerprint density at radius 2 is 0.871 bits per heavy atom. The molecule has 24 heteroatoms. The van der Waals surface area contributed by atoms with E-state index in [1.165, 1.54) is 13.8 Å². The predicted molar refractivity (Wildman–Crippen MR) is 221 cm³/mol. The van der Waals surface area contributed by atoms with E-state index in [9.17, 15) is 63.3 Å². The lowest BCUT2D eigenvalue weighted by atomic mass is 9.98. The summed E-state index contributed by atoms with van der Waals surface area (Å²) in [5, 5.41) is 57.3. The minimum absolute atomic E-state index is 0.0378. The van der Waals surface area contributed by atoms with Gasteiger partial charge in [-0.05, 0) is 63.8 Å². The second-order valence-electron chi connectivity index (χ2n) is 16.0. The van der Waals surface area contributed by atoms with Crippen LogP contribution in [0.15, 0.2) is 0 Å². The van der Waals surface area contributed by atoms with Gasteiger partial charge < -0.3 is 74.4 Å². The van der Waals surface area contributed by atoms with Crippen LogP contribution in [-0.2, 0) is 47.9 Å². The van der Waals surface area contributed by atoms with Gasteiger partial charge in [-0.3, -0.25) is 43.2 Å². The normalized spacial score (nSPS) is 15.6. The van der Waals surface area contributed by atoms with Crippen molar-refractivity contribution in [1.29, 1.82) is 0 Å². The first-order chi connectivity index (χ1) is 28.8. The fourth-order valence-electron chi connectivity index (χ4n) is 5.58. The SMILES string of the molecule is CC(C)C[C@H](NC(=O)[C@H](C)NC(=O)[C@@H](N)CC(=O)O)C(=O)N[C@@H](CO)C(=O)N[C@@H](C)C(=O)N[C@@H](CO)C(=O)N[C@H](C(=O)N[C@H](C(=O)N[C@@H](CCCCN)C(=O)O)C(C)C)C(C)C. The standard InChI is InChI=1S/C38H68N10O14/c1-17(2)13-24(44-30(53)20(7)41-32(55)22(40)14-27(51)52)33(56)46-25(15-49)34(57)42-21(8)31(54)45-26(16-50)35(58)47-29(19(5)6)37(60)48-28(18(3)4)36(59)43-23(38(61)62)11-9-10-12-39/h17-26,28-29,49-50H,9-16,39-40H2,1-8H3,(H,41,55)(H,42,57)(H,43,59)(H,44,53)(H,45,54)(H,46,56)(H,47,58)(H,48,60)(H,51,52)(H,61,62)/t20-,21-,22-,23-,24-,25-,26-,28-,29-/m0/s1. The Morgan fingerprint density at radius 3 is 1.29 bits per heavy atom. The van der Waals surface area contributed by atoms with E-state index in [-0.39, 0.29) is 18.8 Å². The molecule has 354 valence electrons. The summed E-state index contributed by atoms with van der Waals surface area (Å²) in [5.41, 5.74) is 11.0. The molecule has 0 saturated carbocycles. The summed E-state index contributed by atoms with van der Waals surface area (Å²) in [6, 6.07) is -12.5. The quantitative estimate of drug-likeness (QED) is 0.0314. The Kier molecular flexibility index (Phi) is 25.7. The Hall–Kier alpha value is -5.46. The molecule has 0 aromatic heterocycles. The van der Waals surface area contributed by atoms with Crippen LogP contribution in [0.5, 0.6) is 0 Å². The molecule has 0 aromatic carbocycles. The first-order valence-corrected chi connectivity index (χ1v) is 20.4. The van der Waals surface area contributed by atoms with E-state index < -0.39 is 145 Å². The van der Waals surface area contributed by atoms with Crippen LogP contribution in [0.1, 0.15) is 87.5 Å². The third-order valence-electron chi connectivity index (χ3n) is 9.26. The minimum atomic E-state index is -1.65. The number of unbranched alkanes of at least 4 members (excludes halogenated alkanes) is 1. The summed E-state index contributed by atoms with van der Waals surface area (Å²) in [6.07, 6.45) is 0.433. The topological polar surface area (TPSA) is 400 Å². The van der Waals surface area contributed by atoms with Gasteiger partial charge in [-0.1, -0.05) is 41.5 Å². The van der Waals surface area contributed by atoms with E-state index in [1.807, 2.05) is 0 Å². The highest BCUT2D eigenvalue weighted by molar-refractivity contribution is 5.98. The Morgan fingerprint density at radius 1 is 0.484 bits per heavy atom. The van der Waals surface area contributed by atoms with Gasteiger partial charge in [-0.2, -0.15) is 0 Å². The van der Waals surface area contributed by atoms with Crippen LogP contribution in [0.2, 0.25) is 0 Å². The fraction of sp³-hybridized carbons (Fsp3) is 0.737. The molecule has 0 spiro atoms. The van der Waals surface area contributed by atoms with E-state index in [4.69, 9.17) is 16.6 Å². The maximum atomic E-state index is 13.4. The molecule has 9 atom stereocenters. The highest BCUT2D eigenvalue weighted by Gasteiger charge is 2.35. The number of carbonyl (C=O) groups is 10. The summed E-state index contributed by atoms with van der Waals surface area (Å²) in [7, 11) is 0. The van der Waals surface area contributed by atoms with Crippen LogP contribution in [0.25, 0.3) is 0 Å². The zero-order valence-electron chi connectivity index (χ0n) is 36.6. The van der Waals surface area contributed by atoms with E-state index in [2.05, 4.69) is 42.5 Å². The summed E-state index contributed by atoms with van der Waals surface area (Å²) in [5.74, 6) is -11.2. The van der Waals surface area contributed by atoms with Crippen molar-refractivity contribution in [3.8, 4) is 0 Å². The molecule has 0 radical (unpaired) electrons. The molecule has 0 aliphatic heterocycles. The Labute approximate surface area is 360 Å². The number of carboxylic acid groups (broad SMARTS) is 2. The number of nitrogens with one attached hydrogen (secondary N) is 8. The van der Waals surface area contributed by atoms with Gasteiger partial charge >= 0.3 is 11.9 Å². The van der Waals surface area contributed by atoms with E-state index in [0.717, 1.165) is 0 Å². The number of rotatable bonds is 29. The summed E-state index contributed by atoms with van der Waals surface area (Å²) in [4.78, 5) is 127. The molecule has 62 heavy (non-hydrogen) atoms. The number of aliphatic carboxylic acids is 2. The number of carbonyl (C=O) groups excluding carboxylic acids is 8. The van der Waals surface area contributed by atoms with E-state index in [0.29, 0.717) is 19.4 Å². The van der Waals surface area contributed by atoms with Crippen LogP contribution in [0, 0.1) is 17.8 Å². The first-order valence-electron chi connectivity index (χ1n) is 20.4. The highest BCUT2D eigenvalue weighted by atomic mass is 16.4. The second kappa shape index (κ2) is 28.2. The summed E-state index contributed by atoms with van der Waals surface area (Å²) < 4.78 is 0. The zero-order chi connectivity index (χ0) is 48.0. The molecule has 0 aliphatic rings. The molecule has 24 nitrogen and oxygen atoms in total. The molecule has 0 fully saturated rings. The average Bonchev–Trinajstić information content (AvgIpc) is 3.17. The number of aliphatic hydroxyl groups is 2. The van der Waals surface area contributed by atoms with Crippen LogP contribution in [0.4, 0.5) is 0 Å². The van der Waals surface area contributed by atoms with Crippen molar-refractivity contribution in [1.82, 2.24) is 42.5 Å². The van der Waals surface area contributed by atoms with Crippen molar-refractivity contribution in [3.63, 3.8) is 0 Å². The lowest BCUT2D eigenvalue weighted by Crippen LogP contribution is -2.61. The average molecular weight is 889 g/mol. The van der Waals surface area contributed by atoms with E-state index >= 15 is 0 Å². The van der Waals surface area contributed by atoms with Gasteiger partial charge in [-0.25, -0.2) is 4.79 Å². The lowest BCUT2D eigenvalue weighted by molar-refractivity contribution is -0.143. The maximum absolute atomic E-state index is 13.4. The number of aliphatic hydroxyl groups excluding tert-OH is 2. The van der Waals surface area contributed by atoms with Gasteiger partial charge in [0.25, 0.3) is 0 Å². The molecule has 0 heterocycles. The predicted octanol–water partition coefficient (Wildman–Crippen LogP) is -4.74. The van der Waals surface area contributed by atoms with Crippen molar-refractivity contribution < 1.29 is 68.4 Å². The third kappa shape index (κ3) is 20.4. The van der Waals surface area contributed by atoms with Gasteiger partial charge in [0.15, 0.2) is 0 Å². The molecular weight excluding hydrogens is 820 g/mol. The smallest absolute Gasteiger partial charge is 0.326 e. The largest absolute Gasteiger partial charge is 0.481 e. The molecule has 0 aromatic rings. The zero-order valence-corrected chi connectivity index (χ0v) is 36.6. The van der Waals surface area contributed by atoms with Crippen molar-refractivity contribution in [2.45, 2.75) is 142 Å². The van der Waals surface area contributed by atoms with Crippen LogP contribution >= 0.6 is 0 Å². The van der Waals surface area contributed by atoms with Gasteiger partial charge in [0.05, 0.1) is 25.7 Å². The second-order valence-corrected chi connectivity index (χ2v) is 16.0. The first kappa shape index (κ1) is 56.5. The van der Waals surface area contributed by atoms with Crippen LogP contribution in [0.3, 0.4) is 0 Å². The third-order valence-corrected chi connectivity index (χ3v) is 9.26.